The average molecular weight is 446 g/mol. The van der Waals surface area contributed by atoms with Gasteiger partial charge in [0.05, 0.1) is 12.0 Å². The number of hydrogen-bond acceptors (Lipinski definition) is 5. The molecular weight excluding hydrogens is 425 g/mol. The minimum Gasteiger partial charge on any atom is -0.497 e. The number of anilines is 1. The van der Waals surface area contributed by atoms with Crippen LogP contribution in [0.25, 0.3) is 0 Å². The van der Waals surface area contributed by atoms with E-state index in [1.54, 1.807) is 13.8 Å². The quantitative estimate of drug-likeness (QED) is 0.647. The van der Waals surface area contributed by atoms with Crippen LogP contribution in [-0.4, -0.2) is 33.8 Å². The lowest BCUT2D eigenvalue weighted by molar-refractivity contribution is -0.274. The molecule has 1 atom stereocenters. The van der Waals surface area contributed by atoms with Crippen molar-refractivity contribution in [2.45, 2.75) is 31.1 Å². The van der Waals surface area contributed by atoms with E-state index in [0.717, 1.165) is 12.1 Å². The summed E-state index contributed by atoms with van der Waals surface area (Å²) in [5.41, 5.74) is 0.184. The van der Waals surface area contributed by atoms with Gasteiger partial charge < -0.3 is 14.8 Å². The predicted molar refractivity (Wildman–Crippen MR) is 104 cm³/mol. The summed E-state index contributed by atoms with van der Waals surface area (Å²) in [6, 6.07) is 9.02. The standard InChI is InChI=1S/C19H21F3N2O5S/c1-12(2)17(24-30(26,27)16-10-8-14(28-3)9-11-16)18(25)23-13-4-6-15(7-5-13)29-19(20,21)22/h4-12,17,24H,1-3H3,(H,23,25)/t17-/m0/s1. The smallest absolute Gasteiger partial charge is 0.497 e. The zero-order valence-electron chi connectivity index (χ0n) is 16.4. The normalized spacial score (nSPS) is 13.0. The number of sulfonamides is 1. The van der Waals surface area contributed by atoms with Gasteiger partial charge in [-0.3, -0.25) is 4.79 Å². The summed E-state index contributed by atoms with van der Waals surface area (Å²) in [6.45, 7) is 3.31. The van der Waals surface area contributed by atoms with Crippen molar-refractivity contribution in [1.29, 1.82) is 0 Å². The van der Waals surface area contributed by atoms with E-state index >= 15 is 0 Å². The van der Waals surface area contributed by atoms with E-state index in [0.29, 0.717) is 5.75 Å². The molecule has 1 amide bonds. The molecule has 0 aliphatic rings. The number of benzene rings is 2. The average Bonchev–Trinajstić information content (AvgIpc) is 2.66. The molecule has 0 saturated heterocycles. The van der Waals surface area contributed by atoms with Crippen LogP contribution < -0.4 is 19.5 Å². The SMILES string of the molecule is COc1ccc(S(=O)(=O)N[C@H](C(=O)Nc2ccc(OC(F)(F)F)cc2)C(C)C)cc1. The summed E-state index contributed by atoms with van der Waals surface area (Å²) in [4.78, 5) is 12.6. The monoisotopic (exact) mass is 446 g/mol. The van der Waals surface area contributed by atoms with Gasteiger partial charge in [-0.15, -0.1) is 13.2 Å². The Kier molecular flexibility index (Phi) is 7.32. The van der Waals surface area contributed by atoms with Crippen LogP contribution in [0.1, 0.15) is 13.8 Å². The number of halogens is 3. The molecule has 30 heavy (non-hydrogen) atoms. The van der Waals surface area contributed by atoms with Crippen LogP contribution in [-0.2, 0) is 14.8 Å². The molecule has 164 valence electrons. The second-order valence-corrected chi connectivity index (χ2v) is 8.29. The number of methoxy groups -OCH3 is 1. The molecule has 0 aromatic heterocycles. The molecule has 2 rings (SSSR count). The van der Waals surface area contributed by atoms with Gasteiger partial charge in [0, 0.05) is 5.69 Å². The maximum atomic E-state index is 12.6. The summed E-state index contributed by atoms with van der Waals surface area (Å²) in [6.07, 6.45) is -4.83. The summed E-state index contributed by atoms with van der Waals surface area (Å²) in [5, 5.41) is 2.48. The number of nitrogens with one attached hydrogen (secondary N) is 2. The first-order valence-electron chi connectivity index (χ1n) is 8.74. The molecule has 0 unspecified atom stereocenters. The Morgan fingerprint density at radius 3 is 1.97 bits per heavy atom. The van der Waals surface area contributed by atoms with Crippen molar-refractivity contribution in [3.05, 3.63) is 48.5 Å². The Hall–Kier alpha value is -2.79. The summed E-state index contributed by atoms with van der Waals surface area (Å²) < 4.78 is 73.0. The summed E-state index contributed by atoms with van der Waals surface area (Å²) in [7, 11) is -2.56. The molecule has 0 aliphatic heterocycles. The predicted octanol–water partition coefficient (Wildman–Crippen LogP) is 3.54. The molecular formula is C19H21F3N2O5S. The number of hydrogen-bond donors (Lipinski definition) is 2. The zero-order valence-corrected chi connectivity index (χ0v) is 17.2. The molecule has 0 spiro atoms. The first-order valence-corrected chi connectivity index (χ1v) is 10.2. The molecule has 11 heteroatoms. The fraction of sp³-hybridized carbons (Fsp3) is 0.316. The summed E-state index contributed by atoms with van der Waals surface area (Å²) in [5.74, 6) is -1.04. The van der Waals surface area contributed by atoms with Crippen molar-refractivity contribution in [3.8, 4) is 11.5 Å². The third kappa shape index (κ3) is 6.63. The number of carbonyl (C=O) groups excluding carboxylic acids is 1. The Labute approximate surface area is 172 Å². The van der Waals surface area contributed by atoms with Crippen LogP contribution in [0.2, 0.25) is 0 Å². The lowest BCUT2D eigenvalue weighted by Crippen LogP contribution is -2.47. The summed E-state index contributed by atoms with van der Waals surface area (Å²) >= 11 is 0. The molecule has 0 aliphatic carbocycles. The van der Waals surface area contributed by atoms with Gasteiger partial charge in [-0.05, 0) is 54.4 Å². The van der Waals surface area contributed by atoms with Crippen molar-refractivity contribution >= 4 is 21.6 Å². The minimum absolute atomic E-state index is 0.0459. The van der Waals surface area contributed by atoms with Gasteiger partial charge in [-0.2, -0.15) is 4.72 Å². The second-order valence-electron chi connectivity index (χ2n) is 6.58. The van der Waals surface area contributed by atoms with Crippen molar-refractivity contribution in [3.63, 3.8) is 0 Å². The number of carbonyl (C=O) groups is 1. The van der Waals surface area contributed by atoms with Gasteiger partial charge >= 0.3 is 6.36 Å². The zero-order chi connectivity index (χ0) is 22.5. The first-order chi connectivity index (χ1) is 13.9. The van der Waals surface area contributed by atoms with Gasteiger partial charge in [0.1, 0.15) is 17.5 Å². The van der Waals surface area contributed by atoms with E-state index in [4.69, 9.17) is 4.74 Å². The Morgan fingerprint density at radius 1 is 0.967 bits per heavy atom. The van der Waals surface area contributed by atoms with E-state index in [1.165, 1.54) is 43.5 Å². The molecule has 2 N–H and O–H groups in total. The number of alkyl halides is 3. The van der Waals surface area contributed by atoms with E-state index in [-0.39, 0.29) is 10.6 Å². The van der Waals surface area contributed by atoms with Gasteiger partial charge in [0.15, 0.2) is 0 Å². The largest absolute Gasteiger partial charge is 0.573 e. The van der Waals surface area contributed by atoms with Crippen LogP contribution >= 0.6 is 0 Å². The van der Waals surface area contributed by atoms with Crippen LogP contribution in [0.4, 0.5) is 18.9 Å². The second kappa shape index (κ2) is 9.35. The highest BCUT2D eigenvalue weighted by molar-refractivity contribution is 7.89. The van der Waals surface area contributed by atoms with E-state index in [9.17, 15) is 26.4 Å². The van der Waals surface area contributed by atoms with Gasteiger partial charge in [-0.1, -0.05) is 13.8 Å². The van der Waals surface area contributed by atoms with Gasteiger partial charge in [-0.25, -0.2) is 8.42 Å². The Bertz CT molecular complexity index is 959. The van der Waals surface area contributed by atoms with E-state index in [1.807, 2.05) is 0 Å². The lowest BCUT2D eigenvalue weighted by Gasteiger charge is -2.22. The maximum Gasteiger partial charge on any atom is 0.573 e. The van der Waals surface area contributed by atoms with Crippen LogP contribution in [0.15, 0.2) is 53.4 Å². The Balaban J connectivity index is 2.12. The molecule has 2 aromatic rings. The van der Waals surface area contributed by atoms with Gasteiger partial charge in [0.2, 0.25) is 15.9 Å². The molecule has 0 saturated carbocycles. The molecule has 7 nitrogen and oxygen atoms in total. The fourth-order valence-electron chi connectivity index (χ4n) is 2.44. The highest BCUT2D eigenvalue weighted by Crippen LogP contribution is 2.24. The van der Waals surface area contributed by atoms with Crippen LogP contribution in [0.3, 0.4) is 0 Å². The number of rotatable bonds is 8. The van der Waals surface area contributed by atoms with Crippen molar-refractivity contribution in [1.82, 2.24) is 4.72 Å². The van der Waals surface area contributed by atoms with Crippen molar-refractivity contribution in [2.75, 3.05) is 12.4 Å². The Morgan fingerprint density at radius 2 is 1.50 bits per heavy atom. The number of amides is 1. The molecule has 0 radical (unpaired) electrons. The number of ether oxygens (including phenoxy) is 2. The van der Waals surface area contributed by atoms with Crippen molar-refractivity contribution in [2.24, 2.45) is 5.92 Å². The molecule has 2 aromatic carbocycles. The molecule has 0 heterocycles. The highest BCUT2D eigenvalue weighted by atomic mass is 32.2. The lowest BCUT2D eigenvalue weighted by atomic mass is 10.0. The van der Waals surface area contributed by atoms with E-state index < -0.39 is 40.0 Å². The fourth-order valence-corrected chi connectivity index (χ4v) is 3.79. The minimum atomic E-state index is -4.83. The molecule has 0 bridgehead atoms. The first kappa shape index (κ1) is 23.5. The highest BCUT2D eigenvalue weighted by Gasteiger charge is 2.31. The maximum absolute atomic E-state index is 12.6. The third-order valence-electron chi connectivity index (χ3n) is 3.96. The van der Waals surface area contributed by atoms with E-state index in [2.05, 4.69) is 14.8 Å². The third-order valence-corrected chi connectivity index (χ3v) is 5.41. The topological polar surface area (TPSA) is 93.7 Å². The van der Waals surface area contributed by atoms with Crippen molar-refractivity contribution < 1.29 is 35.9 Å². The van der Waals surface area contributed by atoms with Gasteiger partial charge in [0.25, 0.3) is 0 Å². The van der Waals surface area contributed by atoms with Crippen LogP contribution in [0.5, 0.6) is 11.5 Å². The van der Waals surface area contributed by atoms with Crippen LogP contribution in [0, 0.1) is 5.92 Å². The molecule has 0 fully saturated rings.